The molecule has 6 heteroatoms. The molecule has 0 N–H and O–H groups in total. The summed E-state index contributed by atoms with van der Waals surface area (Å²) in [4.78, 5) is 38.2. The van der Waals surface area contributed by atoms with Gasteiger partial charge in [0.15, 0.2) is 6.10 Å². The fourth-order valence-electron chi connectivity index (χ4n) is 9.51. The average molecular weight is 1050 g/mol. The number of ether oxygens (including phenoxy) is 3. The highest BCUT2D eigenvalue weighted by Crippen LogP contribution is 2.17. The summed E-state index contributed by atoms with van der Waals surface area (Å²) in [5, 5.41) is 0. The number of hydrogen-bond acceptors (Lipinski definition) is 6. The molecular formula is C69H124O6. The van der Waals surface area contributed by atoms with E-state index in [2.05, 4.69) is 81.5 Å². The van der Waals surface area contributed by atoms with Gasteiger partial charge in [-0.05, 0) is 103 Å². The van der Waals surface area contributed by atoms with Crippen LogP contribution >= 0.6 is 0 Å². The van der Waals surface area contributed by atoms with Crippen LogP contribution in [0.4, 0.5) is 0 Å². The molecule has 0 saturated carbocycles. The van der Waals surface area contributed by atoms with E-state index in [4.69, 9.17) is 14.2 Å². The van der Waals surface area contributed by atoms with E-state index in [-0.39, 0.29) is 31.1 Å². The van der Waals surface area contributed by atoms with Gasteiger partial charge in [-0.2, -0.15) is 0 Å². The summed E-state index contributed by atoms with van der Waals surface area (Å²) in [6.45, 7) is 6.58. The first-order valence-corrected chi connectivity index (χ1v) is 32.8. The zero-order chi connectivity index (χ0) is 54.3. The summed E-state index contributed by atoms with van der Waals surface area (Å²) in [6.07, 6.45) is 81.0. The number of esters is 3. The van der Waals surface area contributed by atoms with E-state index >= 15 is 0 Å². The molecule has 0 aromatic rings. The van der Waals surface area contributed by atoms with Gasteiger partial charge < -0.3 is 14.2 Å². The standard InChI is InChI=1S/C69H124O6/c1-4-7-10-13-16-19-22-25-27-28-29-30-31-32-33-34-35-36-37-38-39-40-42-44-47-50-53-56-59-62-68(71)74-65-66(64-73-67(70)61-58-55-52-49-46-43-24-21-18-15-12-9-6-3)75-69(72)63-60-57-54-51-48-45-41-26-23-20-17-14-11-8-5-2/h12,15,21-22,24-26,28-29,41,66H,4-11,13-14,16-20,23,27,30-40,42-65H2,1-3H3/b15-12-,24-21-,25-22-,29-28-,41-26-. The van der Waals surface area contributed by atoms with Gasteiger partial charge in [0.25, 0.3) is 0 Å². The number of hydrogen-bond donors (Lipinski definition) is 0. The van der Waals surface area contributed by atoms with Gasteiger partial charge in [0.2, 0.25) is 0 Å². The molecule has 0 aromatic heterocycles. The van der Waals surface area contributed by atoms with Crippen molar-refractivity contribution < 1.29 is 28.6 Å². The van der Waals surface area contributed by atoms with Gasteiger partial charge in [-0.15, -0.1) is 0 Å². The Labute approximate surface area is 466 Å². The normalized spacial score (nSPS) is 12.4. The van der Waals surface area contributed by atoms with Crippen molar-refractivity contribution in [1.82, 2.24) is 0 Å². The van der Waals surface area contributed by atoms with Crippen LogP contribution in [0.1, 0.15) is 342 Å². The van der Waals surface area contributed by atoms with E-state index in [0.717, 1.165) is 103 Å². The van der Waals surface area contributed by atoms with E-state index in [1.807, 2.05) is 0 Å². The Hall–Kier alpha value is -2.89. The number of unbranched alkanes of at least 4 members (excludes halogenated alkanes) is 39. The third-order valence-electron chi connectivity index (χ3n) is 14.4. The Kier molecular flexibility index (Phi) is 61.2. The van der Waals surface area contributed by atoms with E-state index in [1.54, 1.807) is 0 Å². The topological polar surface area (TPSA) is 78.9 Å². The van der Waals surface area contributed by atoms with Crippen LogP contribution in [0.15, 0.2) is 60.8 Å². The summed E-state index contributed by atoms with van der Waals surface area (Å²) in [7, 11) is 0. The lowest BCUT2D eigenvalue weighted by molar-refractivity contribution is -0.167. The fraction of sp³-hybridized carbons (Fsp3) is 0.812. The van der Waals surface area contributed by atoms with Crippen molar-refractivity contribution in [3.8, 4) is 0 Å². The highest BCUT2D eigenvalue weighted by molar-refractivity contribution is 5.71. The van der Waals surface area contributed by atoms with Crippen molar-refractivity contribution in [1.29, 1.82) is 0 Å². The summed E-state index contributed by atoms with van der Waals surface area (Å²) in [5.41, 5.74) is 0. The Morgan fingerprint density at radius 1 is 0.267 bits per heavy atom. The molecule has 1 unspecified atom stereocenters. The molecule has 0 spiro atoms. The van der Waals surface area contributed by atoms with E-state index in [0.29, 0.717) is 19.3 Å². The third kappa shape index (κ3) is 61.8. The van der Waals surface area contributed by atoms with Crippen LogP contribution in [-0.2, 0) is 28.6 Å². The Bertz CT molecular complexity index is 1340. The lowest BCUT2D eigenvalue weighted by Crippen LogP contribution is -2.30. The van der Waals surface area contributed by atoms with Gasteiger partial charge in [0.1, 0.15) is 13.2 Å². The quantitative estimate of drug-likeness (QED) is 0.0261. The summed E-state index contributed by atoms with van der Waals surface area (Å²) < 4.78 is 16.9. The predicted octanol–water partition coefficient (Wildman–Crippen LogP) is 22.3. The zero-order valence-corrected chi connectivity index (χ0v) is 50.1. The van der Waals surface area contributed by atoms with Crippen molar-refractivity contribution in [2.24, 2.45) is 0 Å². The molecule has 0 saturated heterocycles. The summed E-state index contributed by atoms with van der Waals surface area (Å²) in [5.74, 6) is -0.886. The van der Waals surface area contributed by atoms with Gasteiger partial charge in [0.05, 0.1) is 0 Å². The van der Waals surface area contributed by atoms with Crippen LogP contribution < -0.4 is 0 Å². The first-order valence-electron chi connectivity index (χ1n) is 32.8. The second-order valence-electron chi connectivity index (χ2n) is 22.0. The van der Waals surface area contributed by atoms with Gasteiger partial charge in [-0.3, -0.25) is 14.4 Å². The molecule has 0 aliphatic carbocycles. The van der Waals surface area contributed by atoms with E-state index < -0.39 is 6.10 Å². The van der Waals surface area contributed by atoms with Crippen molar-refractivity contribution >= 4 is 17.9 Å². The minimum Gasteiger partial charge on any atom is -0.462 e. The molecule has 0 heterocycles. The van der Waals surface area contributed by atoms with Crippen molar-refractivity contribution in [2.75, 3.05) is 13.2 Å². The average Bonchev–Trinajstić information content (AvgIpc) is 3.41. The number of allylic oxidation sites excluding steroid dienone is 10. The molecule has 436 valence electrons. The maximum atomic E-state index is 12.9. The second-order valence-corrected chi connectivity index (χ2v) is 22.0. The first kappa shape index (κ1) is 72.1. The maximum absolute atomic E-state index is 12.9. The zero-order valence-electron chi connectivity index (χ0n) is 50.1. The molecule has 0 aromatic carbocycles. The molecule has 0 aliphatic heterocycles. The van der Waals surface area contributed by atoms with Gasteiger partial charge in [-0.25, -0.2) is 0 Å². The highest BCUT2D eigenvalue weighted by atomic mass is 16.6. The Morgan fingerprint density at radius 3 is 0.800 bits per heavy atom. The van der Waals surface area contributed by atoms with Crippen molar-refractivity contribution in [3.63, 3.8) is 0 Å². The lowest BCUT2D eigenvalue weighted by Gasteiger charge is -2.18. The van der Waals surface area contributed by atoms with Gasteiger partial charge in [-0.1, -0.05) is 281 Å². The van der Waals surface area contributed by atoms with Crippen molar-refractivity contribution in [2.45, 2.75) is 348 Å². The molecule has 0 rings (SSSR count). The summed E-state index contributed by atoms with van der Waals surface area (Å²) in [6, 6.07) is 0. The number of rotatable bonds is 60. The van der Waals surface area contributed by atoms with E-state index in [9.17, 15) is 14.4 Å². The fourth-order valence-corrected chi connectivity index (χ4v) is 9.51. The molecule has 0 amide bonds. The number of carbonyl (C=O) groups is 3. The molecule has 1 atom stereocenters. The molecule has 0 radical (unpaired) electrons. The minimum absolute atomic E-state index is 0.0794. The predicted molar refractivity (Wildman–Crippen MR) is 325 cm³/mol. The smallest absolute Gasteiger partial charge is 0.306 e. The van der Waals surface area contributed by atoms with Crippen molar-refractivity contribution in [3.05, 3.63) is 60.8 Å². The molecule has 0 fully saturated rings. The lowest BCUT2D eigenvalue weighted by atomic mass is 10.0. The molecule has 0 aliphatic rings. The van der Waals surface area contributed by atoms with Gasteiger partial charge in [0, 0.05) is 19.3 Å². The SMILES string of the molecule is CCC/C=C\C/C=C\CCCCCCCC(=O)OCC(COC(=O)CCCCCCCCCCCCCCCCCCC/C=C\C/C=C\CCCCCCC)OC(=O)CCCCCCC/C=C\CCCCCCCC. The highest BCUT2D eigenvalue weighted by Gasteiger charge is 2.19. The Morgan fingerprint density at radius 2 is 0.507 bits per heavy atom. The minimum atomic E-state index is -0.783. The van der Waals surface area contributed by atoms with Crippen LogP contribution in [0, 0.1) is 0 Å². The largest absolute Gasteiger partial charge is 0.462 e. The Balaban J connectivity index is 4.19. The molecular weight excluding hydrogens is 925 g/mol. The van der Waals surface area contributed by atoms with Gasteiger partial charge >= 0.3 is 17.9 Å². The third-order valence-corrected chi connectivity index (χ3v) is 14.4. The first-order chi connectivity index (χ1) is 37.0. The second kappa shape index (κ2) is 63.6. The van der Waals surface area contributed by atoms with Crippen LogP contribution in [0.3, 0.4) is 0 Å². The van der Waals surface area contributed by atoms with Crippen LogP contribution in [-0.4, -0.2) is 37.2 Å². The summed E-state index contributed by atoms with van der Waals surface area (Å²) >= 11 is 0. The maximum Gasteiger partial charge on any atom is 0.306 e. The molecule has 6 nitrogen and oxygen atoms in total. The number of carbonyl (C=O) groups excluding carboxylic acids is 3. The molecule has 0 bridgehead atoms. The van der Waals surface area contributed by atoms with Crippen LogP contribution in [0.5, 0.6) is 0 Å². The molecule has 75 heavy (non-hydrogen) atoms. The monoisotopic (exact) mass is 1050 g/mol. The van der Waals surface area contributed by atoms with Crippen LogP contribution in [0.25, 0.3) is 0 Å². The van der Waals surface area contributed by atoms with E-state index in [1.165, 1.54) is 199 Å². The van der Waals surface area contributed by atoms with Crippen LogP contribution in [0.2, 0.25) is 0 Å².